The fraction of sp³-hybridized carbons (Fsp3) is 0.100. The Bertz CT molecular complexity index is 1040. The minimum Gasteiger partial charge on any atom is -0.361 e. The monoisotopic (exact) mass is 378 g/mol. The first-order valence-electron chi connectivity index (χ1n) is 8.69. The van der Waals surface area contributed by atoms with Crippen molar-refractivity contribution < 1.29 is 19.3 Å². The Morgan fingerprint density at radius 2 is 1.18 bits per heavy atom. The molecule has 0 bridgehead atoms. The first kappa shape index (κ1) is 17.8. The van der Waals surface area contributed by atoms with Gasteiger partial charge in [0, 0.05) is 23.4 Å². The van der Waals surface area contributed by atoms with E-state index in [1.807, 2.05) is 60.9 Å². The summed E-state index contributed by atoms with van der Waals surface area (Å²) >= 11 is 0. The minimum absolute atomic E-state index is 0.268. The molecule has 8 nitrogen and oxygen atoms in total. The second-order valence-electron chi connectivity index (χ2n) is 6.22. The van der Waals surface area contributed by atoms with Gasteiger partial charge in [0.05, 0.1) is 13.1 Å². The molecule has 4 N–H and O–H groups in total. The smallest absolute Gasteiger partial charge is 0.361 e. The van der Waals surface area contributed by atoms with E-state index in [0.717, 1.165) is 32.9 Å². The van der Waals surface area contributed by atoms with Gasteiger partial charge in [-0.25, -0.2) is 9.59 Å². The lowest BCUT2D eigenvalue weighted by molar-refractivity contribution is -0.177. The molecule has 0 amide bonds. The molecule has 0 fully saturated rings. The number of carbonyl (C=O) groups excluding carboxylic acids is 2. The number of aromatic nitrogens is 2. The summed E-state index contributed by atoms with van der Waals surface area (Å²) in [6, 6.07) is 15.4. The van der Waals surface area contributed by atoms with E-state index in [1.165, 1.54) is 0 Å². The summed E-state index contributed by atoms with van der Waals surface area (Å²) in [7, 11) is 0. The van der Waals surface area contributed by atoms with Gasteiger partial charge < -0.3 is 19.6 Å². The van der Waals surface area contributed by atoms with Crippen molar-refractivity contribution in [3.05, 3.63) is 72.1 Å². The number of fused-ring (bicyclic) bond motifs is 2. The predicted octanol–water partition coefficient (Wildman–Crippen LogP) is 2.45. The zero-order valence-electron chi connectivity index (χ0n) is 14.8. The minimum atomic E-state index is -1.13. The quantitative estimate of drug-likeness (QED) is 0.303. The van der Waals surface area contributed by atoms with Crippen molar-refractivity contribution in [1.29, 1.82) is 0 Å². The van der Waals surface area contributed by atoms with Crippen LogP contribution in [-0.4, -0.2) is 21.9 Å². The third-order valence-corrected chi connectivity index (χ3v) is 4.28. The van der Waals surface area contributed by atoms with E-state index in [4.69, 9.17) is 9.68 Å². The summed E-state index contributed by atoms with van der Waals surface area (Å²) in [5.41, 5.74) is 8.80. The first-order chi connectivity index (χ1) is 13.7. The molecule has 0 unspecified atom stereocenters. The summed E-state index contributed by atoms with van der Waals surface area (Å²) in [6.07, 6.45) is 3.70. The van der Waals surface area contributed by atoms with E-state index in [1.54, 1.807) is 0 Å². The highest BCUT2D eigenvalue weighted by molar-refractivity contribution is 6.29. The van der Waals surface area contributed by atoms with E-state index in [2.05, 4.69) is 20.9 Å². The number of benzene rings is 2. The maximum absolute atomic E-state index is 11.7. The third-order valence-electron chi connectivity index (χ3n) is 4.28. The lowest BCUT2D eigenvalue weighted by Gasteiger charge is -2.07. The van der Waals surface area contributed by atoms with E-state index in [-0.39, 0.29) is 13.1 Å². The van der Waals surface area contributed by atoms with Crippen molar-refractivity contribution in [1.82, 2.24) is 20.9 Å². The van der Waals surface area contributed by atoms with Crippen LogP contribution in [0.25, 0.3) is 21.8 Å². The summed E-state index contributed by atoms with van der Waals surface area (Å²) in [4.78, 5) is 39.0. The molecule has 2 aromatic carbocycles. The topological polar surface area (TPSA) is 108 Å². The average molecular weight is 378 g/mol. The Morgan fingerprint density at radius 1 is 0.714 bits per heavy atom. The molecule has 142 valence electrons. The number of hydrogen-bond acceptors (Lipinski definition) is 6. The van der Waals surface area contributed by atoms with Crippen LogP contribution in [0.1, 0.15) is 11.1 Å². The number of carbonyl (C=O) groups is 2. The molecule has 4 aromatic rings. The zero-order chi connectivity index (χ0) is 19.3. The van der Waals surface area contributed by atoms with E-state index >= 15 is 0 Å². The van der Waals surface area contributed by atoms with Gasteiger partial charge in [0.1, 0.15) is 0 Å². The maximum Gasteiger partial charge on any atom is 0.437 e. The highest BCUT2D eigenvalue weighted by Crippen LogP contribution is 2.15. The molecule has 4 rings (SSSR count). The number of rotatable bonds is 6. The Hall–Kier alpha value is -3.62. The number of hydroxylamine groups is 2. The molecule has 2 aromatic heterocycles. The lowest BCUT2D eigenvalue weighted by atomic mass is 10.1. The molecular formula is C20H18N4O4. The molecule has 28 heavy (non-hydrogen) atoms. The Labute approximate surface area is 159 Å². The van der Waals surface area contributed by atoms with Gasteiger partial charge in [0.25, 0.3) is 0 Å². The van der Waals surface area contributed by atoms with E-state index < -0.39 is 11.9 Å². The van der Waals surface area contributed by atoms with Crippen LogP contribution in [0.5, 0.6) is 0 Å². The Kier molecular flexibility index (Phi) is 5.05. The van der Waals surface area contributed by atoms with Gasteiger partial charge in [-0.15, -0.1) is 11.0 Å². The van der Waals surface area contributed by atoms with Crippen LogP contribution in [0, 0.1) is 0 Å². The number of hydrogen-bond donors (Lipinski definition) is 4. The Morgan fingerprint density at radius 3 is 1.64 bits per heavy atom. The number of H-pyrrole nitrogens is 2. The summed E-state index contributed by atoms with van der Waals surface area (Å²) < 4.78 is 0. The van der Waals surface area contributed by atoms with Crippen molar-refractivity contribution in [3.63, 3.8) is 0 Å². The molecule has 0 aliphatic rings. The first-order valence-corrected chi connectivity index (χ1v) is 8.69. The van der Waals surface area contributed by atoms with Gasteiger partial charge in [0.2, 0.25) is 0 Å². The molecular weight excluding hydrogens is 360 g/mol. The lowest BCUT2D eigenvalue weighted by Crippen LogP contribution is -2.31. The van der Waals surface area contributed by atoms with Crippen LogP contribution in [0.4, 0.5) is 0 Å². The standard InChI is InChI=1S/C20H18N4O4/c25-19(27-23-11-13-1-3-17-15(9-13)5-7-21-17)20(26)28-24-12-14-2-4-18-16(10-14)6-8-22-18/h1-10,21-24H,11-12H2. The van der Waals surface area contributed by atoms with Gasteiger partial charge in [-0.3, -0.25) is 0 Å². The molecule has 0 saturated heterocycles. The van der Waals surface area contributed by atoms with Gasteiger partial charge in [0.15, 0.2) is 0 Å². The van der Waals surface area contributed by atoms with E-state index in [0.29, 0.717) is 0 Å². The normalized spacial score (nSPS) is 11.0. The molecule has 0 radical (unpaired) electrons. The number of nitrogens with one attached hydrogen (secondary N) is 4. The largest absolute Gasteiger partial charge is 0.437 e. The summed E-state index contributed by atoms with van der Waals surface area (Å²) in [5.74, 6) is -2.26. The zero-order valence-corrected chi connectivity index (χ0v) is 14.8. The molecule has 0 aliphatic carbocycles. The van der Waals surface area contributed by atoms with Crippen molar-refractivity contribution >= 4 is 33.7 Å². The van der Waals surface area contributed by atoms with Crippen LogP contribution in [0.15, 0.2) is 60.9 Å². The van der Waals surface area contributed by atoms with Crippen molar-refractivity contribution in [2.75, 3.05) is 0 Å². The van der Waals surface area contributed by atoms with Crippen molar-refractivity contribution in [2.45, 2.75) is 13.1 Å². The van der Waals surface area contributed by atoms with Crippen LogP contribution >= 0.6 is 0 Å². The summed E-state index contributed by atoms with van der Waals surface area (Å²) in [5, 5.41) is 2.10. The molecule has 8 heteroatoms. The molecule has 0 spiro atoms. The SMILES string of the molecule is O=C(ONCc1ccc2[nH]ccc2c1)C(=O)ONCc1ccc2[nH]ccc2c1. The fourth-order valence-electron chi connectivity index (χ4n) is 2.88. The van der Waals surface area contributed by atoms with Gasteiger partial charge in [-0.2, -0.15) is 0 Å². The highest BCUT2D eigenvalue weighted by atomic mass is 16.7. The molecule has 2 heterocycles. The van der Waals surface area contributed by atoms with Crippen LogP contribution in [0.2, 0.25) is 0 Å². The fourth-order valence-corrected chi connectivity index (χ4v) is 2.88. The average Bonchev–Trinajstić information content (AvgIpc) is 3.36. The van der Waals surface area contributed by atoms with Gasteiger partial charge in [-0.05, 0) is 58.3 Å². The van der Waals surface area contributed by atoms with Crippen molar-refractivity contribution in [3.8, 4) is 0 Å². The van der Waals surface area contributed by atoms with Crippen molar-refractivity contribution in [2.24, 2.45) is 0 Å². The van der Waals surface area contributed by atoms with Gasteiger partial charge >= 0.3 is 11.9 Å². The second-order valence-corrected chi connectivity index (χ2v) is 6.22. The summed E-state index contributed by atoms with van der Waals surface area (Å²) in [6.45, 7) is 0.536. The molecule has 0 aliphatic heterocycles. The van der Waals surface area contributed by atoms with Crippen LogP contribution in [0.3, 0.4) is 0 Å². The van der Waals surface area contributed by atoms with E-state index in [9.17, 15) is 9.59 Å². The predicted molar refractivity (Wildman–Crippen MR) is 102 cm³/mol. The van der Waals surface area contributed by atoms with Crippen LogP contribution in [-0.2, 0) is 32.4 Å². The molecule has 0 atom stereocenters. The molecule has 0 saturated carbocycles. The number of aromatic amines is 2. The van der Waals surface area contributed by atoms with Gasteiger partial charge in [-0.1, -0.05) is 12.1 Å². The van der Waals surface area contributed by atoms with Crippen LogP contribution < -0.4 is 11.0 Å². The second kappa shape index (κ2) is 7.95. The Balaban J connectivity index is 1.20. The highest BCUT2D eigenvalue weighted by Gasteiger charge is 2.18. The third kappa shape index (κ3) is 4.03. The maximum atomic E-state index is 11.7.